The molecule has 0 fully saturated rings. The Kier molecular flexibility index (Phi) is 7.62. The van der Waals surface area contributed by atoms with Gasteiger partial charge >= 0.3 is 0 Å². The van der Waals surface area contributed by atoms with Crippen molar-refractivity contribution in [2.45, 2.75) is 30.0 Å². The second kappa shape index (κ2) is 9.53. The van der Waals surface area contributed by atoms with Crippen LogP contribution in [0.5, 0.6) is 0 Å². The van der Waals surface area contributed by atoms with E-state index < -0.39 is 33.8 Å². The summed E-state index contributed by atoms with van der Waals surface area (Å²) in [5, 5.41) is 13.2. The lowest BCUT2D eigenvalue weighted by Gasteiger charge is -2.20. The first kappa shape index (κ1) is 22.4. The lowest BCUT2D eigenvalue weighted by molar-refractivity contribution is 0.141. The number of nitrogens with zero attached hydrogens (tertiary/aromatic N) is 1. The molecule has 0 heterocycles. The molecule has 0 aromatic heterocycles. The standard InChI is InChI=1S/C19H25F2N3O3S/c1-24(2)28(26,27)17-5-3-4-13(8-17)11-23-12-19(25)18(22)9-14-6-15(20)10-16(21)7-14/h3-8,10,18-19,23,25H,9,11-12,22H2,1-2H3/t18-,19+/m0/s1. The van der Waals surface area contributed by atoms with E-state index in [4.69, 9.17) is 5.73 Å². The highest BCUT2D eigenvalue weighted by molar-refractivity contribution is 7.89. The highest BCUT2D eigenvalue weighted by Crippen LogP contribution is 2.15. The smallest absolute Gasteiger partial charge is 0.242 e. The first-order valence-electron chi connectivity index (χ1n) is 8.70. The van der Waals surface area contributed by atoms with Gasteiger partial charge in [-0.15, -0.1) is 0 Å². The van der Waals surface area contributed by atoms with Crippen LogP contribution in [-0.2, 0) is 23.0 Å². The lowest BCUT2D eigenvalue weighted by Crippen LogP contribution is -2.43. The molecule has 0 aliphatic heterocycles. The van der Waals surface area contributed by atoms with E-state index in [0.29, 0.717) is 12.1 Å². The molecule has 0 amide bonds. The van der Waals surface area contributed by atoms with Crippen LogP contribution >= 0.6 is 0 Å². The molecule has 0 spiro atoms. The van der Waals surface area contributed by atoms with E-state index in [1.807, 2.05) is 0 Å². The second-order valence-corrected chi connectivity index (χ2v) is 8.93. The predicted molar refractivity (Wildman–Crippen MR) is 103 cm³/mol. The summed E-state index contributed by atoms with van der Waals surface area (Å²) in [6.07, 6.45) is -0.825. The number of sulfonamides is 1. The van der Waals surface area contributed by atoms with Crippen molar-refractivity contribution in [3.8, 4) is 0 Å². The summed E-state index contributed by atoms with van der Waals surface area (Å²) in [5.74, 6) is -1.38. The first-order valence-corrected chi connectivity index (χ1v) is 10.1. The number of aliphatic hydroxyl groups is 1. The largest absolute Gasteiger partial charge is 0.390 e. The van der Waals surface area contributed by atoms with Crippen molar-refractivity contribution in [1.29, 1.82) is 0 Å². The van der Waals surface area contributed by atoms with Gasteiger partial charge < -0.3 is 16.2 Å². The summed E-state index contributed by atoms with van der Waals surface area (Å²) in [6.45, 7) is 0.471. The molecule has 0 saturated heterocycles. The van der Waals surface area contributed by atoms with E-state index in [1.54, 1.807) is 18.2 Å². The van der Waals surface area contributed by atoms with Crippen LogP contribution in [0.4, 0.5) is 8.78 Å². The number of hydrogen-bond donors (Lipinski definition) is 3. The first-order chi connectivity index (χ1) is 13.1. The molecule has 28 heavy (non-hydrogen) atoms. The van der Waals surface area contributed by atoms with Crippen LogP contribution in [0.3, 0.4) is 0 Å². The quantitative estimate of drug-likeness (QED) is 0.575. The number of aliphatic hydroxyl groups excluding tert-OH is 1. The Morgan fingerprint density at radius 3 is 2.36 bits per heavy atom. The van der Waals surface area contributed by atoms with Gasteiger partial charge in [0.25, 0.3) is 0 Å². The van der Waals surface area contributed by atoms with Crippen LogP contribution in [0.1, 0.15) is 11.1 Å². The van der Waals surface area contributed by atoms with Crippen LogP contribution < -0.4 is 11.1 Å². The van der Waals surface area contributed by atoms with Crippen LogP contribution in [0.2, 0.25) is 0 Å². The van der Waals surface area contributed by atoms with E-state index in [-0.39, 0.29) is 17.9 Å². The molecule has 0 radical (unpaired) electrons. The van der Waals surface area contributed by atoms with E-state index in [2.05, 4.69) is 5.32 Å². The molecular weight excluding hydrogens is 388 g/mol. The zero-order chi connectivity index (χ0) is 20.9. The number of nitrogens with one attached hydrogen (secondary N) is 1. The molecule has 0 unspecified atom stereocenters. The summed E-state index contributed by atoms with van der Waals surface area (Å²) in [7, 11) is -0.599. The van der Waals surface area contributed by atoms with Gasteiger partial charge in [0.15, 0.2) is 0 Å². The Hall–Kier alpha value is -1.91. The van der Waals surface area contributed by atoms with Crippen LogP contribution in [0.25, 0.3) is 0 Å². The molecule has 0 aliphatic rings. The third kappa shape index (κ3) is 6.05. The molecule has 0 bridgehead atoms. The normalized spacial score (nSPS) is 14.2. The van der Waals surface area contributed by atoms with Gasteiger partial charge in [-0.3, -0.25) is 0 Å². The molecule has 154 valence electrons. The zero-order valence-corrected chi connectivity index (χ0v) is 16.6. The fraction of sp³-hybridized carbons (Fsp3) is 0.368. The monoisotopic (exact) mass is 413 g/mol. The fourth-order valence-electron chi connectivity index (χ4n) is 2.68. The Morgan fingerprint density at radius 1 is 1.11 bits per heavy atom. The number of benzene rings is 2. The Bertz CT molecular complexity index is 887. The molecule has 2 atom stereocenters. The van der Waals surface area contributed by atoms with Gasteiger partial charge in [-0.25, -0.2) is 21.5 Å². The average molecular weight is 413 g/mol. The van der Waals surface area contributed by atoms with Gasteiger partial charge in [0, 0.05) is 39.3 Å². The highest BCUT2D eigenvalue weighted by Gasteiger charge is 2.18. The third-order valence-corrected chi connectivity index (χ3v) is 6.06. The van der Waals surface area contributed by atoms with Gasteiger partial charge in [0.1, 0.15) is 11.6 Å². The molecule has 4 N–H and O–H groups in total. The Balaban J connectivity index is 1.90. The highest BCUT2D eigenvalue weighted by atomic mass is 32.2. The van der Waals surface area contributed by atoms with Gasteiger partial charge in [-0.2, -0.15) is 0 Å². The SMILES string of the molecule is CN(C)S(=O)(=O)c1cccc(CNC[C@@H](O)[C@@H](N)Cc2cc(F)cc(F)c2)c1. The fourth-order valence-corrected chi connectivity index (χ4v) is 3.65. The molecule has 2 aromatic carbocycles. The van der Waals surface area contributed by atoms with Crippen molar-refractivity contribution in [1.82, 2.24) is 9.62 Å². The molecule has 0 aliphatic carbocycles. The summed E-state index contributed by atoms with van der Waals surface area (Å²) in [4.78, 5) is 0.183. The molecule has 0 saturated carbocycles. The minimum Gasteiger partial charge on any atom is -0.390 e. The predicted octanol–water partition coefficient (Wildman–Crippen LogP) is 1.24. The van der Waals surface area contributed by atoms with Gasteiger partial charge in [-0.1, -0.05) is 12.1 Å². The van der Waals surface area contributed by atoms with Crippen molar-refractivity contribution in [3.63, 3.8) is 0 Å². The zero-order valence-electron chi connectivity index (χ0n) is 15.8. The van der Waals surface area contributed by atoms with Gasteiger partial charge in [0.2, 0.25) is 10.0 Å². The van der Waals surface area contributed by atoms with E-state index in [9.17, 15) is 22.3 Å². The molecule has 2 aromatic rings. The summed E-state index contributed by atoms with van der Waals surface area (Å²) >= 11 is 0. The van der Waals surface area contributed by atoms with Gasteiger partial charge in [-0.05, 0) is 41.8 Å². The van der Waals surface area contributed by atoms with Crippen molar-refractivity contribution >= 4 is 10.0 Å². The summed E-state index contributed by atoms with van der Waals surface area (Å²) in [6, 6.07) is 8.91. The minimum absolute atomic E-state index is 0.119. The van der Waals surface area contributed by atoms with Gasteiger partial charge in [0.05, 0.1) is 11.0 Å². The molecule has 6 nitrogen and oxygen atoms in total. The lowest BCUT2D eigenvalue weighted by atomic mass is 10.0. The van der Waals surface area contributed by atoms with Crippen molar-refractivity contribution in [2.75, 3.05) is 20.6 Å². The van der Waals surface area contributed by atoms with Crippen molar-refractivity contribution in [3.05, 3.63) is 65.2 Å². The maximum atomic E-state index is 13.2. The van der Waals surface area contributed by atoms with E-state index in [0.717, 1.165) is 15.9 Å². The summed E-state index contributed by atoms with van der Waals surface area (Å²) < 4.78 is 52.0. The van der Waals surface area contributed by atoms with Crippen molar-refractivity contribution < 1.29 is 22.3 Å². The third-order valence-electron chi connectivity index (χ3n) is 4.25. The Morgan fingerprint density at radius 2 is 1.75 bits per heavy atom. The van der Waals surface area contributed by atoms with E-state index >= 15 is 0 Å². The summed E-state index contributed by atoms with van der Waals surface area (Å²) in [5.41, 5.74) is 7.02. The Labute approximate surface area is 164 Å². The van der Waals surface area contributed by atoms with Crippen LogP contribution in [0.15, 0.2) is 47.4 Å². The molecule has 9 heteroatoms. The number of hydrogen-bond acceptors (Lipinski definition) is 5. The molecule has 2 rings (SSSR count). The minimum atomic E-state index is -3.52. The van der Waals surface area contributed by atoms with Crippen molar-refractivity contribution in [2.24, 2.45) is 5.73 Å². The topological polar surface area (TPSA) is 95.7 Å². The van der Waals surface area contributed by atoms with E-state index in [1.165, 1.54) is 32.3 Å². The second-order valence-electron chi connectivity index (χ2n) is 6.78. The maximum absolute atomic E-state index is 13.2. The number of halogens is 2. The number of rotatable bonds is 9. The van der Waals surface area contributed by atoms with Crippen LogP contribution in [-0.4, -0.2) is 50.6 Å². The maximum Gasteiger partial charge on any atom is 0.242 e. The average Bonchev–Trinajstić information content (AvgIpc) is 2.60. The molecular formula is C19H25F2N3O3S. The number of nitrogens with two attached hydrogens (primary N) is 1. The van der Waals surface area contributed by atoms with Crippen LogP contribution in [0, 0.1) is 11.6 Å².